The number of carbonyl (C=O) groups is 1. The Hall–Kier alpha value is -2.21. The highest BCUT2D eigenvalue weighted by Gasteiger charge is 2.43. The van der Waals surface area contributed by atoms with E-state index in [1.807, 2.05) is 32.6 Å². The van der Waals surface area contributed by atoms with Crippen LogP contribution in [0.3, 0.4) is 0 Å². The van der Waals surface area contributed by atoms with Crippen molar-refractivity contribution in [2.24, 2.45) is 11.8 Å². The summed E-state index contributed by atoms with van der Waals surface area (Å²) in [5, 5.41) is 9.76. The molecule has 0 bridgehead atoms. The van der Waals surface area contributed by atoms with E-state index >= 15 is 0 Å². The maximum Gasteiger partial charge on any atom is 0.229 e. The Morgan fingerprint density at radius 3 is 2.31 bits per heavy atom. The van der Waals surface area contributed by atoms with Crippen LogP contribution >= 0.6 is 0 Å². The SMILES string of the molecule is CC(C)c1c(-c2ccc(F)cc2)nc2n1CCN(C(=O)C(CO)C(C)C)C2(C)C. The zero-order valence-electron chi connectivity index (χ0n) is 18.2. The van der Waals surface area contributed by atoms with Crippen molar-refractivity contribution >= 4 is 5.91 Å². The first-order valence-electron chi connectivity index (χ1n) is 10.4. The molecule has 0 fully saturated rings. The lowest BCUT2D eigenvalue weighted by Gasteiger charge is -2.44. The number of benzene rings is 1. The average Bonchev–Trinajstić information content (AvgIpc) is 3.03. The molecule has 0 aliphatic carbocycles. The number of imidazole rings is 1. The minimum atomic E-state index is -0.612. The van der Waals surface area contributed by atoms with Crippen LogP contribution in [0.5, 0.6) is 0 Å². The van der Waals surface area contributed by atoms with E-state index in [1.165, 1.54) is 12.1 Å². The van der Waals surface area contributed by atoms with Crippen LogP contribution in [0.4, 0.5) is 4.39 Å². The van der Waals surface area contributed by atoms with E-state index in [4.69, 9.17) is 4.98 Å². The van der Waals surface area contributed by atoms with E-state index in [-0.39, 0.29) is 30.2 Å². The molecule has 2 heterocycles. The molecule has 1 atom stereocenters. The van der Waals surface area contributed by atoms with E-state index in [0.29, 0.717) is 13.1 Å². The molecule has 1 amide bonds. The molecule has 3 rings (SSSR count). The third-order valence-electron chi connectivity index (χ3n) is 6.03. The summed E-state index contributed by atoms with van der Waals surface area (Å²) in [5.74, 6) is 0.402. The first kappa shape index (κ1) is 21.5. The number of amides is 1. The van der Waals surface area contributed by atoms with E-state index in [2.05, 4.69) is 18.4 Å². The zero-order chi connectivity index (χ0) is 21.5. The highest BCUT2D eigenvalue weighted by atomic mass is 19.1. The summed E-state index contributed by atoms with van der Waals surface area (Å²) in [4.78, 5) is 20.0. The van der Waals surface area contributed by atoms with Crippen LogP contribution in [0.25, 0.3) is 11.3 Å². The monoisotopic (exact) mass is 401 g/mol. The Kier molecular flexibility index (Phi) is 5.86. The Bertz CT molecular complexity index is 884. The van der Waals surface area contributed by atoms with Gasteiger partial charge in [0.2, 0.25) is 5.91 Å². The van der Waals surface area contributed by atoms with Crippen molar-refractivity contribution in [1.29, 1.82) is 0 Å². The van der Waals surface area contributed by atoms with Crippen LogP contribution in [0.15, 0.2) is 24.3 Å². The predicted octanol–water partition coefficient (Wildman–Crippen LogP) is 4.15. The lowest BCUT2D eigenvalue weighted by molar-refractivity contribution is -0.146. The topological polar surface area (TPSA) is 58.4 Å². The highest BCUT2D eigenvalue weighted by Crippen LogP contribution is 2.39. The van der Waals surface area contributed by atoms with Crippen molar-refractivity contribution in [2.75, 3.05) is 13.2 Å². The number of carbonyl (C=O) groups excluding carboxylic acids is 1. The Balaban J connectivity index is 2.09. The molecule has 0 radical (unpaired) electrons. The summed E-state index contributed by atoms with van der Waals surface area (Å²) in [7, 11) is 0. The van der Waals surface area contributed by atoms with E-state index in [1.54, 1.807) is 12.1 Å². The molecule has 1 aromatic heterocycles. The number of hydrogen-bond donors (Lipinski definition) is 1. The summed E-state index contributed by atoms with van der Waals surface area (Å²) < 4.78 is 15.7. The standard InChI is InChI=1S/C23H32FN3O2/c1-14(2)18(13-28)21(29)27-12-11-26-20(15(3)4)19(25-22(26)23(27,5)6)16-7-9-17(24)10-8-16/h7-10,14-15,18,28H,11-13H2,1-6H3. The van der Waals surface area contributed by atoms with Gasteiger partial charge in [-0.05, 0) is 49.9 Å². The van der Waals surface area contributed by atoms with E-state index < -0.39 is 11.5 Å². The maximum absolute atomic E-state index is 13.4. The van der Waals surface area contributed by atoms with Gasteiger partial charge in [-0.1, -0.05) is 27.7 Å². The summed E-state index contributed by atoms with van der Waals surface area (Å²) in [6.45, 7) is 13.3. The second kappa shape index (κ2) is 7.90. The van der Waals surface area contributed by atoms with Gasteiger partial charge < -0.3 is 14.6 Å². The maximum atomic E-state index is 13.4. The van der Waals surface area contributed by atoms with Crippen LogP contribution in [-0.2, 0) is 16.9 Å². The van der Waals surface area contributed by atoms with Gasteiger partial charge in [-0.2, -0.15) is 0 Å². The third-order valence-corrected chi connectivity index (χ3v) is 6.03. The number of rotatable bonds is 5. The molecular weight excluding hydrogens is 369 g/mol. The molecule has 158 valence electrons. The number of aromatic nitrogens is 2. The summed E-state index contributed by atoms with van der Waals surface area (Å²) in [6, 6.07) is 6.42. The van der Waals surface area contributed by atoms with Gasteiger partial charge in [0.05, 0.1) is 23.8 Å². The number of aliphatic hydroxyl groups is 1. The quantitative estimate of drug-likeness (QED) is 0.819. The van der Waals surface area contributed by atoms with Crippen LogP contribution in [0, 0.1) is 17.7 Å². The third kappa shape index (κ3) is 3.70. The lowest BCUT2D eigenvalue weighted by Crippen LogP contribution is -2.55. The molecule has 29 heavy (non-hydrogen) atoms. The fourth-order valence-corrected chi connectivity index (χ4v) is 4.32. The minimum absolute atomic E-state index is 0.0313. The molecule has 0 spiro atoms. The van der Waals surface area contributed by atoms with E-state index in [9.17, 15) is 14.3 Å². The molecule has 1 unspecified atom stereocenters. The van der Waals surface area contributed by atoms with Crippen molar-refractivity contribution in [3.63, 3.8) is 0 Å². The smallest absolute Gasteiger partial charge is 0.229 e. The largest absolute Gasteiger partial charge is 0.396 e. The van der Waals surface area contributed by atoms with Gasteiger partial charge in [0.15, 0.2) is 0 Å². The predicted molar refractivity (Wildman–Crippen MR) is 112 cm³/mol. The molecule has 1 aliphatic heterocycles. The molecule has 0 saturated heterocycles. The van der Waals surface area contributed by atoms with Gasteiger partial charge in [-0.15, -0.1) is 0 Å². The lowest BCUT2D eigenvalue weighted by atomic mass is 9.91. The molecule has 2 aromatic rings. The van der Waals surface area contributed by atoms with Crippen molar-refractivity contribution < 1.29 is 14.3 Å². The number of fused-ring (bicyclic) bond motifs is 1. The molecule has 6 heteroatoms. The number of nitrogens with zero attached hydrogens (tertiary/aromatic N) is 3. The van der Waals surface area contributed by atoms with E-state index in [0.717, 1.165) is 22.8 Å². The van der Waals surface area contributed by atoms with Gasteiger partial charge in [0.25, 0.3) is 0 Å². The second-order valence-electron chi connectivity index (χ2n) is 9.06. The molecule has 1 N–H and O–H groups in total. The van der Waals surface area contributed by atoms with Gasteiger partial charge in [0.1, 0.15) is 11.6 Å². The summed E-state index contributed by atoms with van der Waals surface area (Å²) >= 11 is 0. The Morgan fingerprint density at radius 1 is 1.17 bits per heavy atom. The Morgan fingerprint density at radius 2 is 1.79 bits per heavy atom. The molecule has 5 nitrogen and oxygen atoms in total. The van der Waals surface area contributed by atoms with Crippen molar-refractivity contribution in [2.45, 2.75) is 59.5 Å². The summed E-state index contributed by atoms with van der Waals surface area (Å²) in [5.41, 5.74) is 2.22. The molecule has 1 aromatic carbocycles. The normalized spacial score (nSPS) is 17.0. The fraction of sp³-hybridized carbons (Fsp3) is 0.565. The first-order valence-corrected chi connectivity index (χ1v) is 10.4. The zero-order valence-corrected chi connectivity index (χ0v) is 18.2. The highest BCUT2D eigenvalue weighted by molar-refractivity contribution is 5.80. The van der Waals surface area contributed by atoms with Crippen LogP contribution in [-0.4, -0.2) is 38.6 Å². The Labute approximate surface area is 172 Å². The van der Waals surface area contributed by atoms with Crippen LogP contribution < -0.4 is 0 Å². The van der Waals surface area contributed by atoms with Crippen molar-refractivity contribution in [3.05, 3.63) is 41.6 Å². The van der Waals surface area contributed by atoms with Crippen molar-refractivity contribution in [1.82, 2.24) is 14.5 Å². The molecular formula is C23H32FN3O2. The van der Waals surface area contributed by atoms with Crippen molar-refractivity contribution in [3.8, 4) is 11.3 Å². The number of halogens is 1. The van der Waals surface area contributed by atoms with Gasteiger partial charge in [-0.3, -0.25) is 4.79 Å². The second-order valence-corrected chi connectivity index (χ2v) is 9.06. The number of hydrogen-bond acceptors (Lipinski definition) is 3. The summed E-state index contributed by atoms with van der Waals surface area (Å²) in [6.07, 6.45) is 0. The van der Waals surface area contributed by atoms with Crippen LogP contribution in [0.1, 0.15) is 59.0 Å². The minimum Gasteiger partial charge on any atom is -0.396 e. The first-order chi connectivity index (χ1) is 13.6. The van der Waals surface area contributed by atoms with Crippen LogP contribution in [0.2, 0.25) is 0 Å². The molecule has 1 aliphatic rings. The fourth-order valence-electron chi connectivity index (χ4n) is 4.32. The van der Waals surface area contributed by atoms with Gasteiger partial charge >= 0.3 is 0 Å². The van der Waals surface area contributed by atoms with Gasteiger partial charge in [-0.25, -0.2) is 9.37 Å². The molecule has 0 saturated carbocycles. The number of aliphatic hydroxyl groups excluding tert-OH is 1. The average molecular weight is 402 g/mol. The van der Waals surface area contributed by atoms with Gasteiger partial charge in [0, 0.05) is 24.3 Å².